The number of ketones is 1. The second-order valence-electron chi connectivity index (χ2n) is 4.51. The van der Waals surface area contributed by atoms with E-state index in [1.165, 1.54) is 19.3 Å². The monoisotopic (exact) mass is 186 g/mol. The first-order valence-corrected chi connectivity index (χ1v) is 5.47. The van der Waals surface area contributed by atoms with Crippen molar-refractivity contribution in [2.24, 2.45) is 17.8 Å². The van der Waals surface area contributed by atoms with Gasteiger partial charge in [0.25, 0.3) is 0 Å². The van der Waals surface area contributed by atoms with Crippen LogP contribution in [0.4, 0.5) is 0 Å². The number of carbonyl (C=O) groups excluding carboxylic acids is 1. The summed E-state index contributed by atoms with van der Waals surface area (Å²) >= 11 is 0. The molecular formula is C13H14O. The minimum atomic E-state index is 0.381. The van der Waals surface area contributed by atoms with Crippen LogP contribution in [-0.2, 0) is 0 Å². The fourth-order valence-corrected chi connectivity index (χ4v) is 3.01. The number of hydrogen-bond acceptors (Lipinski definition) is 1. The Bertz CT molecular complexity index is 345. The van der Waals surface area contributed by atoms with Crippen molar-refractivity contribution in [1.29, 1.82) is 0 Å². The lowest BCUT2D eigenvalue weighted by atomic mass is 10.0. The molecule has 1 unspecified atom stereocenters. The van der Waals surface area contributed by atoms with E-state index in [0.29, 0.717) is 11.7 Å². The lowest BCUT2D eigenvalue weighted by Gasteiger charge is -2.01. The molecule has 0 aliphatic heterocycles. The molecule has 0 radical (unpaired) electrons. The maximum atomic E-state index is 12.0. The number of benzene rings is 1. The fraction of sp³-hybridized carbons (Fsp3) is 0.462. The van der Waals surface area contributed by atoms with Crippen molar-refractivity contribution in [3.8, 4) is 0 Å². The minimum Gasteiger partial charge on any atom is -0.294 e. The second kappa shape index (κ2) is 2.94. The predicted molar refractivity (Wildman–Crippen MR) is 55.1 cm³/mol. The van der Waals surface area contributed by atoms with Gasteiger partial charge in [-0.3, -0.25) is 4.79 Å². The van der Waals surface area contributed by atoms with Gasteiger partial charge >= 0.3 is 0 Å². The van der Waals surface area contributed by atoms with Gasteiger partial charge in [-0.1, -0.05) is 36.8 Å². The average molecular weight is 186 g/mol. The molecule has 3 rings (SSSR count). The maximum absolute atomic E-state index is 12.0. The number of fused-ring (bicyclic) bond motifs is 1. The molecule has 3 atom stereocenters. The van der Waals surface area contributed by atoms with Crippen molar-refractivity contribution < 1.29 is 4.79 Å². The van der Waals surface area contributed by atoms with E-state index in [2.05, 4.69) is 0 Å². The SMILES string of the molecule is O=C(c1ccccc1)C1[C@H]2CCC[C@@H]12. The van der Waals surface area contributed by atoms with E-state index in [-0.39, 0.29) is 0 Å². The van der Waals surface area contributed by atoms with Gasteiger partial charge in [-0.25, -0.2) is 0 Å². The van der Waals surface area contributed by atoms with Gasteiger partial charge in [0, 0.05) is 11.5 Å². The molecule has 14 heavy (non-hydrogen) atoms. The van der Waals surface area contributed by atoms with Crippen molar-refractivity contribution in [1.82, 2.24) is 0 Å². The van der Waals surface area contributed by atoms with Crippen LogP contribution < -0.4 is 0 Å². The molecule has 0 heterocycles. The molecule has 0 amide bonds. The summed E-state index contributed by atoms with van der Waals surface area (Å²) in [7, 11) is 0. The van der Waals surface area contributed by atoms with Crippen LogP contribution in [0.2, 0.25) is 0 Å². The van der Waals surface area contributed by atoms with Gasteiger partial charge in [-0.05, 0) is 24.7 Å². The van der Waals surface area contributed by atoms with Crippen LogP contribution in [0.1, 0.15) is 29.6 Å². The van der Waals surface area contributed by atoms with Gasteiger partial charge < -0.3 is 0 Å². The lowest BCUT2D eigenvalue weighted by molar-refractivity contribution is 0.0951. The third kappa shape index (κ3) is 1.12. The summed E-state index contributed by atoms with van der Waals surface area (Å²) in [6.45, 7) is 0. The first kappa shape index (κ1) is 8.22. The number of carbonyl (C=O) groups is 1. The van der Waals surface area contributed by atoms with Crippen molar-refractivity contribution in [2.75, 3.05) is 0 Å². The average Bonchev–Trinajstić information content (AvgIpc) is 2.72. The molecule has 2 aliphatic carbocycles. The van der Waals surface area contributed by atoms with E-state index in [9.17, 15) is 4.79 Å². The molecule has 0 saturated heterocycles. The largest absolute Gasteiger partial charge is 0.294 e. The Morgan fingerprint density at radius 1 is 1.07 bits per heavy atom. The number of rotatable bonds is 2. The highest BCUT2D eigenvalue weighted by Gasteiger charge is 2.56. The first-order valence-electron chi connectivity index (χ1n) is 5.47. The Labute approximate surface area is 84.1 Å². The number of hydrogen-bond donors (Lipinski definition) is 0. The lowest BCUT2D eigenvalue weighted by Crippen LogP contribution is -2.05. The Morgan fingerprint density at radius 3 is 2.36 bits per heavy atom. The highest BCUT2D eigenvalue weighted by Crippen LogP contribution is 2.58. The van der Waals surface area contributed by atoms with Crippen molar-refractivity contribution in [2.45, 2.75) is 19.3 Å². The summed E-state index contributed by atoms with van der Waals surface area (Å²) in [5, 5.41) is 0. The van der Waals surface area contributed by atoms with Gasteiger partial charge in [0.2, 0.25) is 0 Å². The van der Waals surface area contributed by atoms with E-state index in [4.69, 9.17) is 0 Å². The fourth-order valence-electron chi connectivity index (χ4n) is 3.01. The molecule has 0 bridgehead atoms. The molecule has 72 valence electrons. The van der Waals surface area contributed by atoms with Gasteiger partial charge in [0.15, 0.2) is 5.78 Å². The maximum Gasteiger partial charge on any atom is 0.166 e. The van der Waals surface area contributed by atoms with E-state index in [1.54, 1.807) is 0 Å². The van der Waals surface area contributed by atoms with Crippen LogP contribution in [0, 0.1) is 17.8 Å². The Kier molecular flexibility index (Phi) is 1.73. The summed E-state index contributed by atoms with van der Waals surface area (Å²) in [6, 6.07) is 9.74. The van der Waals surface area contributed by atoms with Crippen molar-refractivity contribution in [3.63, 3.8) is 0 Å². The summed E-state index contributed by atoms with van der Waals surface area (Å²) in [5.41, 5.74) is 0.909. The first-order chi connectivity index (χ1) is 6.88. The molecule has 0 N–H and O–H groups in total. The quantitative estimate of drug-likeness (QED) is 0.649. The highest BCUT2D eigenvalue weighted by molar-refractivity contribution is 6.00. The Hall–Kier alpha value is -1.11. The van der Waals surface area contributed by atoms with Gasteiger partial charge in [-0.15, -0.1) is 0 Å². The normalized spacial score (nSPS) is 33.9. The molecule has 0 aromatic heterocycles. The third-order valence-electron chi connectivity index (χ3n) is 3.77. The molecule has 2 fully saturated rings. The minimum absolute atomic E-state index is 0.381. The molecule has 2 saturated carbocycles. The zero-order chi connectivity index (χ0) is 9.54. The zero-order valence-corrected chi connectivity index (χ0v) is 8.15. The molecule has 2 aliphatic rings. The van der Waals surface area contributed by atoms with Gasteiger partial charge in [0.05, 0.1) is 0 Å². The molecular weight excluding hydrogens is 172 g/mol. The summed E-state index contributed by atoms with van der Waals surface area (Å²) in [5.74, 6) is 2.25. The summed E-state index contributed by atoms with van der Waals surface area (Å²) in [6.07, 6.45) is 3.91. The zero-order valence-electron chi connectivity index (χ0n) is 8.15. The topological polar surface area (TPSA) is 17.1 Å². The van der Waals surface area contributed by atoms with E-state index in [0.717, 1.165) is 17.4 Å². The Morgan fingerprint density at radius 2 is 1.71 bits per heavy atom. The van der Waals surface area contributed by atoms with Gasteiger partial charge in [0.1, 0.15) is 0 Å². The third-order valence-corrected chi connectivity index (χ3v) is 3.77. The predicted octanol–water partition coefficient (Wildman–Crippen LogP) is 2.92. The van der Waals surface area contributed by atoms with Crippen molar-refractivity contribution >= 4 is 5.78 Å². The molecule has 1 aromatic carbocycles. The number of Topliss-reactive ketones (excluding diaryl/α,β-unsaturated/α-hetero) is 1. The van der Waals surface area contributed by atoms with Crippen LogP contribution in [0.15, 0.2) is 30.3 Å². The standard InChI is InChI=1S/C13H14O/c14-13(9-5-2-1-3-6-9)12-10-7-4-8-11(10)12/h1-3,5-6,10-12H,4,7-8H2/t10-,11+,12?. The summed E-state index contributed by atoms with van der Waals surface area (Å²) < 4.78 is 0. The molecule has 1 aromatic rings. The van der Waals surface area contributed by atoms with Crippen LogP contribution in [0.25, 0.3) is 0 Å². The van der Waals surface area contributed by atoms with E-state index < -0.39 is 0 Å². The smallest absolute Gasteiger partial charge is 0.166 e. The summed E-state index contributed by atoms with van der Waals surface area (Å²) in [4.78, 5) is 12.0. The molecule has 0 spiro atoms. The van der Waals surface area contributed by atoms with Crippen LogP contribution in [0.3, 0.4) is 0 Å². The second-order valence-corrected chi connectivity index (χ2v) is 4.51. The van der Waals surface area contributed by atoms with Crippen LogP contribution in [-0.4, -0.2) is 5.78 Å². The Balaban J connectivity index is 1.79. The molecule has 1 nitrogen and oxygen atoms in total. The van der Waals surface area contributed by atoms with Crippen LogP contribution >= 0.6 is 0 Å². The molecule has 1 heteroatoms. The van der Waals surface area contributed by atoms with E-state index >= 15 is 0 Å². The van der Waals surface area contributed by atoms with E-state index in [1.807, 2.05) is 30.3 Å². The van der Waals surface area contributed by atoms with Gasteiger partial charge in [-0.2, -0.15) is 0 Å². The highest BCUT2D eigenvalue weighted by atomic mass is 16.1. The van der Waals surface area contributed by atoms with Crippen LogP contribution in [0.5, 0.6) is 0 Å². The van der Waals surface area contributed by atoms with Crippen molar-refractivity contribution in [3.05, 3.63) is 35.9 Å².